The fourth-order valence-corrected chi connectivity index (χ4v) is 1.99. The van der Waals surface area contributed by atoms with Crippen molar-refractivity contribution in [2.75, 3.05) is 13.1 Å². The van der Waals surface area contributed by atoms with Gasteiger partial charge in [-0.2, -0.15) is 0 Å². The Bertz CT molecular complexity index is 297. The number of hydrogen-bond donors (Lipinski definition) is 1. The third-order valence-corrected chi connectivity index (χ3v) is 3.34. The topological polar surface area (TPSA) is 40.5 Å². The molecule has 0 aromatic rings. The second-order valence-electron chi connectivity index (χ2n) is 5.96. The molecule has 1 aliphatic rings. The normalized spacial score (nSPS) is 21.5. The van der Waals surface area contributed by atoms with Crippen LogP contribution in [0.3, 0.4) is 0 Å². The summed E-state index contributed by atoms with van der Waals surface area (Å²) in [6.45, 7) is 6.50. The van der Waals surface area contributed by atoms with Gasteiger partial charge in [-0.3, -0.25) is 4.79 Å². The standard InChI is InChI=1S/C12H21F2NO2/c1-10(2,3)9(16)15-7-5-12(17,6-8-15)11(4,13)14/h17H,5-8H2,1-4H3. The van der Waals surface area contributed by atoms with Crippen LogP contribution in [0.5, 0.6) is 0 Å². The molecule has 1 N–H and O–H groups in total. The van der Waals surface area contributed by atoms with Gasteiger partial charge in [0, 0.05) is 25.4 Å². The highest BCUT2D eigenvalue weighted by Gasteiger charge is 2.50. The molecule has 0 radical (unpaired) electrons. The highest BCUT2D eigenvalue weighted by molar-refractivity contribution is 5.81. The number of alkyl halides is 2. The fourth-order valence-electron chi connectivity index (χ4n) is 1.99. The summed E-state index contributed by atoms with van der Waals surface area (Å²) in [4.78, 5) is 13.5. The van der Waals surface area contributed by atoms with Crippen LogP contribution in [-0.4, -0.2) is 40.5 Å². The number of rotatable bonds is 1. The van der Waals surface area contributed by atoms with Gasteiger partial charge in [0.1, 0.15) is 5.60 Å². The minimum atomic E-state index is -3.12. The molecule has 0 aromatic heterocycles. The summed E-state index contributed by atoms with van der Waals surface area (Å²) < 4.78 is 26.4. The monoisotopic (exact) mass is 249 g/mol. The average Bonchev–Trinajstić information content (AvgIpc) is 2.15. The maximum Gasteiger partial charge on any atom is 0.273 e. The molecule has 17 heavy (non-hydrogen) atoms. The van der Waals surface area contributed by atoms with E-state index < -0.39 is 16.9 Å². The number of aliphatic hydroxyl groups is 1. The summed E-state index contributed by atoms with van der Waals surface area (Å²) in [5.74, 6) is -3.18. The van der Waals surface area contributed by atoms with E-state index in [1.807, 2.05) is 0 Å². The number of nitrogens with zero attached hydrogens (tertiary/aromatic N) is 1. The Morgan fingerprint density at radius 3 is 1.88 bits per heavy atom. The van der Waals surface area contributed by atoms with Crippen LogP contribution in [-0.2, 0) is 4.79 Å². The molecule has 0 unspecified atom stereocenters. The molecule has 1 heterocycles. The van der Waals surface area contributed by atoms with Gasteiger partial charge in [0.05, 0.1) is 0 Å². The van der Waals surface area contributed by atoms with Gasteiger partial charge >= 0.3 is 0 Å². The van der Waals surface area contributed by atoms with E-state index in [4.69, 9.17) is 0 Å². The lowest BCUT2D eigenvalue weighted by Crippen LogP contribution is -2.56. The molecular weight excluding hydrogens is 228 g/mol. The minimum absolute atomic E-state index is 0.0565. The number of carbonyl (C=O) groups is 1. The second kappa shape index (κ2) is 4.19. The zero-order chi connectivity index (χ0) is 13.5. The first-order chi connectivity index (χ1) is 7.47. The Hall–Kier alpha value is -0.710. The van der Waals surface area contributed by atoms with Crippen LogP contribution in [0, 0.1) is 5.41 Å². The van der Waals surface area contributed by atoms with Crippen LogP contribution in [0.2, 0.25) is 0 Å². The Morgan fingerprint density at radius 1 is 1.18 bits per heavy atom. The molecule has 1 fully saturated rings. The highest BCUT2D eigenvalue weighted by atomic mass is 19.3. The molecule has 1 rings (SSSR count). The van der Waals surface area contributed by atoms with E-state index in [2.05, 4.69) is 0 Å². The van der Waals surface area contributed by atoms with Crippen LogP contribution in [0.25, 0.3) is 0 Å². The molecular formula is C12H21F2NO2. The van der Waals surface area contributed by atoms with Gasteiger partial charge in [-0.15, -0.1) is 0 Å². The van der Waals surface area contributed by atoms with Crippen molar-refractivity contribution in [3.63, 3.8) is 0 Å². The quantitative estimate of drug-likeness (QED) is 0.772. The van der Waals surface area contributed by atoms with E-state index in [0.29, 0.717) is 0 Å². The van der Waals surface area contributed by atoms with Gasteiger partial charge in [0.15, 0.2) is 0 Å². The average molecular weight is 249 g/mol. The summed E-state index contributed by atoms with van der Waals surface area (Å²) in [5, 5.41) is 9.82. The summed E-state index contributed by atoms with van der Waals surface area (Å²) in [7, 11) is 0. The number of likely N-dealkylation sites (tertiary alicyclic amines) is 1. The Morgan fingerprint density at radius 2 is 1.59 bits per heavy atom. The van der Waals surface area contributed by atoms with Gasteiger partial charge in [0.2, 0.25) is 5.91 Å². The Balaban J connectivity index is 2.67. The first-order valence-electron chi connectivity index (χ1n) is 5.87. The summed E-state index contributed by atoms with van der Waals surface area (Å²) in [5.41, 5.74) is -2.48. The van der Waals surface area contributed by atoms with E-state index in [-0.39, 0.29) is 31.8 Å². The van der Waals surface area contributed by atoms with Crippen LogP contribution >= 0.6 is 0 Å². The van der Waals surface area contributed by atoms with Crippen LogP contribution in [0.15, 0.2) is 0 Å². The third-order valence-electron chi connectivity index (χ3n) is 3.34. The number of carbonyl (C=O) groups excluding carboxylic acids is 1. The van der Waals surface area contributed by atoms with Crippen molar-refractivity contribution in [1.82, 2.24) is 4.90 Å². The molecule has 5 heteroatoms. The number of hydrogen-bond acceptors (Lipinski definition) is 2. The maximum absolute atomic E-state index is 13.2. The molecule has 0 aromatic carbocycles. The van der Waals surface area contributed by atoms with Crippen molar-refractivity contribution >= 4 is 5.91 Å². The lowest BCUT2D eigenvalue weighted by atomic mass is 9.84. The van der Waals surface area contributed by atoms with Gasteiger partial charge in [0.25, 0.3) is 5.92 Å². The molecule has 1 amide bonds. The summed E-state index contributed by atoms with van der Waals surface area (Å²) in [6, 6.07) is 0. The predicted molar refractivity (Wildman–Crippen MR) is 60.8 cm³/mol. The van der Waals surface area contributed by atoms with E-state index in [0.717, 1.165) is 6.92 Å². The smallest absolute Gasteiger partial charge is 0.273 e. The molecule has 0 aliphatic carbocycles. The van der Waals surface area contributed by atoms with E-state index in [9.17, 15) is 18.7 Å². The van der Waals surface area contributed by atoms with Crippen molar-refractivity contribution in [2.24, 2.45) is 5.41 Å². The number of halogens is 2. The molecule has 1 aliphatic heterocycles. The highest BCUT2D eigenvalue weighted by Crippen LogP contribution is 2.37. The molecule has 0 bridgehead atoms. The van der Waals surface area contributed by atoms with Crippen molar-refractivity contribution in [3.8, 4) is 0 Å². The lowest BCUT2D eigenvalue weighted by Gasteiger charge is -2.42. The first-order valence-corrected chi connectivity index (χ1v) is 5.87. The maximum atomic E-state index is 13.2. The zero-order valence-electron chi connectivity index (χ0n) is 10.9. The molecule has 1 saturated heterocycles. The lowest BCUT2D eigenvalue weighted by molar-refractivity contribution is -0.193. The van der Waals surface area contributed by atoms with Crippen LogP contribution in [0.4, 0.5) is 8.78 Å². The van der Waals surface area contributed by atoms with Crippen LogP contribution in [0.1, 0.15) is 40.5 Å². The largest absolute Gasteiger partial charge is 0.383 e. The van der Waals surface area contributed by atoms with Crippen molar-refractivity contribution < 1.29 is 18.7 Å². The summed E-state index contributed by atoms with van der Waals surface area (Å²) >= 11 is 0. The molecule has 0 spiro atoms. The zero-order valence-corrected chi connectivity index (χ0v) is 10.9. The SMILES string of the molecule is CC(C)(C)C(=O)N1CCC(O)(C(C)(F)F)CC1. The molecule has 3 nitrogen and oxygen atoms in total. The van der Waals surface area contributed by atoms with Crippen molar-refractivity contribution in [1.29, 1.82) is 0 Å². The predicted octanol–water partition coefficient (Wildman–Crippen LogP) is 2.04. The van der Waals surface area contributed by atoms with Gasteiger partial charge in [-0.25, -0.2) is 8.78 Å². The number of amides is 1. The van der Waals surface area contributed by atoms with E-state index in [1.165, 1.54) is 0 Å². The molecule has 0 atom stereocenters. The second-order valence-corrected chi connectivity index (χ2v) is 5.96. The van der Waals surface area contributed by atoms with Crippen molar-refractivity contribution in [2.45, 2.75) is 52.1 Å². The van der Waals surface area contributed by atoms with Crippen molar-refractivity contribution in [3.05, 3.63) is 0 Å². The summed E-state index contributed by atoms with van der Waals surface area (Å²) in [6.07, 6.45) is -0.142. The van der Waals surface area contributed by atoms with Gasteiger partial charge in [-0.05, 0) is 12.8 Å². The van der Waals surface area contributed by atoms with Gasteiger partial charge < -0.3 is 10.0 Å². The van der Waals surface area contributed by atoms with E-state index >= 15 is 0 Å². The van der Waals surface area contributed by atoms with Gasteiger partial charge in [-0.1, -0.05) is 20.8 Å². The first kappa shape index (κ1) is 14.4. The number of piperidine rings is 1. The third kappa shape index (κ3) is 2.94. The molecule has 100 valence electrons. The fraction of sp³-hybridized carbons (Fsp3) is 0.917. The van der Waals surface area contributed by atoms with Crippen LogP contribution < -0.4 is 0 Å². The van der Waals surface area contributed by atoms with E-state index in [1.54, 1.807) is 25.7 Å². The Kier molecular flexibility index (Phi) is 3.54. The Labute approximate surface area is 101 Å². The molecule has 0 saturated carbocycles. The minimum Gasteiger partial charge on any atom is -0.383 e.